The van der Waals surface area contributed by atoms with Crippen LogP contribution in [-0.4, -0.2) is 30.6 Å². The van der Waals surface area contributed by atoms with Crippen LogP contribution in [0, 0.1) is 10.1 Å². The highest BCUT2D eigenvalue weighted by Crippen LogP contribution is 2.29. The number of aliphatic hydroxyl groups is 1. The Morgan fingerprint density at radius 1 is 1.42 bits per heavy atom. The predicted molar refractivity (Wildman–Crippen MR) is 70.1 cm³/mol. The van der Waals surface area contributed by atoms with Crippen LogP contribution in [0.25, 0.3) is 0 Å². The number of halogens is 1. The molecule has 2 rings (SSSR count). The predicted octanol–water partition coefficient (Wildman–Crippen LogP) is 1.16. The molecule has 104 valence electrons. The largest absolute Gasteiger partial charge is 0.393 e. The van der Waals surface area contributed by atoms with E-state index < -0.39 is 26.7 Å². The van der Waals surface area contributed by atoms with E-state index in [0.29, 0.717) is 17.3 Å². The lowest BCUT2D eigenvalue weighted by atomic mass is 9.91. The first-order chi connectivity index (χ1) is 8.79. The van der Waals surface area contributed by atoms with Crippen LogP contribution in [-0.2, 0) is 10.0 Å². The molecule has 0 aliphatic heterocycles. The average molecular weight is 351 g/mol. The third-order valence-corrected chi connectivity index (χ3v) is 4.89. The first-order valence-corrected chi connectivity index (χ1v) is 7.71. The Balaban J connectivity index is 2.33. The van der Waals surface area contributed by atoms with E-state index in [1.165, 1.54) is 12.1 Å². The van der Waals surface area contributed by atoms with Crippen molar-refractivity contribution in [1.29, 1.82) is 0 Å². The zero-order chi connectivity index (χ0) is 14.2. The molecular weight excluding hydrogens is 340 g/mol. The zero-order valence-electron chi connectivity index (χ0n) is 9.61. The number of sulfonamides is 1. The van der Waals surface area contributed by atoms with Gasteiger partial charge in [0, 0.05) is 16.6 Å². The van der Waals surface area contributed by atoms with Crippen molar-refractivity contribution in [1.82, 2.24) is 4.72 Å². The van der Waals surface area contributed by atoms with Gasteiger partial charge in [-0.3, -0.25) is 10.1 Å². The maximum absolute atomic E-state index is 12.1. The Morgan fingerprint density at radius 2 is 2.05 bits per heavy atom. The molecule has 0 atom stereocenters. The van der Waals surface area contributed by atoms with Crippen LogP contribution in [0.5, 0.6) is 0 Å². The molecule has 2 N–H and O–H groups in total. The Bertz CT molecular complexity index is 612. The van der Waals surface area contributed by atoms with Crippen LogP contribution in [0.3, 0.4) is 0 Å². The maximum Gasteiger partial charge on any atom is 0.289 e. The molecule has 0 heterocycles. The van der Waals surface area contributed by atoms with Crippen molar-refractivity contribution >= 4 is 31.6 Å². The minimum Gasteiger partial charge on any atom is -0.393 e. The monoisotopic (exact) mass is 350 g/mol. The van der Waals surface area contributed by atoms with Crippen molar-refractivity contribution in [2.24, 2.45) is 0 Å². The number of hydrogen-bond donors (Lipinski definition) is 2. The number of nitro groups is 1. The summed E-state index contributed by atoms with van der Waals surface area (Å²) in [6, 6.07) is 3.35. The molecule has 1 fully saturated rings. The fourth-order valence-electron chi connectivity index (χ4n) is 1.82. The van der Waals surface area contributed by atoms with Crippen molar-refractivity contribution < 1.29 is 18.4 Å². The van der Waals surface area contributed by atoms with Gasteiger partial charge in [-0.1, -0.05) is 15.9 Å². The van der Waals surface area contributed by atoms with Crippen molar-refractivity contribution in [3.63, 3.8) is 0 Å². The lowest BCUT2D eigenvalue weighted by Gasteiger charge is -2.31. The molecule has 0 unspecified atom stereocenters. The Labute approximate surface area is 118 Å². The molecule has 19 heavy (non-hydrogen) atoms. The fraction of sp³-hybridized carbons (Fsp3) is 0.400. The molecule has 1 aliphatic rings. The van der Waals surface area contributed by atoms with Crippen LogP contribution in [0.4, 0.5) is 5.69 Å². The Hall–Kier alpha value is -1.03. The number of nitrogens with zero attached hydrogens (tertiary/aromatic N) is 1. The molecule has 0 amide bonds. The number of rotatable bonds is 4. The second-order valence-electron chi connectivity index (χ2n) is 4.31. The number of nitro benzene ring substituents is 1. The van der Waals surface area contributed by atoms with Gasteiger partial charge in [-0.05, 0) is 25.0 Å². The zero-order valence-corrected chi connectivity index (χ0v) is 12.0. The van der Waals surface area contributed by atoms with Crippen molar-refractivity contribution in [2.45, 2.75) is 29.9 Å². The van der Waals surface area contributed by atoms with Crippen molar-refractivity contribution in [3.8, 4) is 0 Å². The SMILES string of the molecule is O=[N+]([O-])c1ccc(Br)cc1S(=O)(=O)NC1CC(O)C1. The van der Waals surface area contributed by atoms with E-state index in [9.17, 15) is 18.5 Å². The minimum atomic E-state index is -3.97. The van der Waals surface area contributed by atoms with E-state index in [1.807, 2.05) is 0 Å². The van der Waals surface area contributed by atoms with E-state index >= 15 is 0 Å². The highest BCUT2D eigenvalue weighted by molar-refractivity contribution is 9.10. The van der Waals surface area contributed by atoms with Gasteiger partial charge in [0.1, 0.15) is 0 Å². The summed E-state index contributed by atoms with van der Waals surface area (Å²) in [6.07, 6.45) is 0.132. The summed E-state index contributed by atoms with van der Waals surface area (Å²) in [5.41, 5.74) is -0.476. The molecule has 1 saturated carbocycles. The van der Waals surface area contributed by atoms with Gasteiger partial charge in [0.15, 0.2) is 4.90 Å². The molecule has 0 bridgehead atoms. The molecule has 0 radical (unpaired) electrons. The van der Waals surface area contributed by atoms with Gasteiger partial charge in [-0.25, -0.2) is 13.1 Å². The second kappa shape index (κ2) is 5.16. The van der Waals surface area contributed by atoms with Crippen molar-refractivity contribution in [2.75, 3.05) is 0 Å². The molecule has 0 aromatic heterocycles. The van der Waals surface area contributed by atoms with Crippen LogP contribution >= 0.6 is 15.9 Å². The molecule has 0 spiro atoms. The highest BCUT2D eigenvalue weighted by Gasteiger charge is 2.34. The maximum atomic E-state index is 12.1. The van der Waals surface area contributed by atoms with Gasteiger partial charge in [0.25, 0.3) is 5.69 Å². The van der Waals surface area contributed by atoms with Crippen LogP contribution in [0.2, 0.25) is 0 Å². The quantitative estimate of drug-likeness (QED) is 0.625. The minimum absolute atomic E-state index is 0.320. The fourth-order valence-corrected chi connectivity index (χ4v) is 3.79. The average Bonchev–Trinajstić information content (AvgIpc) is 2.26. The lowest BCUT2D eigenvalue weighted by molar-refractivity contribution is -0.387. The summed E-state index contributed by atoms with van der Waals surface area (Å²) in [7, 11) is -3.97. The van der Waals surface area contributed by atoms with Crippen LogP contribution in [0.15, 0.2) is 27.6 Å². The molecule has 1 aliphatic carbocycles. The third-order valence-electron chi connectivity index (χ3n) is 2.84. The van der Waals surface area contributed by atoms with Gasteiger partial charge in [-0.15, -0.1) is 0 Å². The van der Waals surface area contributed by atoms with Crippen molar-refractivity contribution in [3.05, 3.63) is 32.8 Å². The molecule has 9 heteroatoms. The summed E-state index contributed by atoms with van der Waals surface area (Å²) in [6.45, 7) is 0. The Morgan fingerprint density at radius 3 is 2.58 bits per heavy atom. The molecule has 7 nitrogen and oxygen atoms in total. The van der Waals surface area contributed by atoms with Gasteiger partial charge in [0.2, 0.25) is 10.0 Å². The summed E-state index contributed by atoms with van der Waals surface area (Å²) in [5.74, 6) is 0. The first-order valence-electron chi connectivity index (χ1n) is 5.44. The normalized spacial score (nSPS) is 22.8. The third kappa shape index (κ3) is 3.11. The van der Waals surface area contributed by atoms with E-state index in [0.717, 1.165) is 6.07 Å². The summed E-state index contributed by atoms with van der Waals surface area (Å²) < 4.78 is 27.0. The number of nitrogens with one attached hydrogen (secondary N) is 1. The van der Waals surface area contributed by atoms with Gasteiger partial charge < -0.3 is 5.11 Å². The lowest BCUT2D eigenvalue weighted by Crippen LogP contribution is -2.46. The standard InChI is InChI=1S/C10H11BrN2O5S/c11-6-1-2-9(13(15)16)10(3-6)19(17,18)12-7-4-8(14)5-7/h1-3,7-8,12,14H,4-5H2. The number of benzene rings is 1. The number of aliphatic hydroxyl groups excluding tert-OH is 1. The van der Waals surface area contributed by atoms with Gasteiger partial charge in [-0.2, -0.15) is 0 Å². The highest BCUT2D eigenvalue weighted by atomic mass is 79.9. The summed E-state index contributed by atoms with van der Waals surface area (Å²) in [4.78, 5) is 9.74. The second-order valence-corrected chi connectivity index (χ2v) is 6.91. The van der Waals surface area contributed by atoms with Gasteiger partial charge >= 0.3 is 0 Å². The first kappa shape index (κ1) is 14.4. The Kier molecular flexibility index (Phi) is 3.90. The van der Waals surface area contributed by atoms with E-state index in [1.54, 1.807) is 0 Å². The van der Waals surface area contributed by atoms with Gasteiger partial charge in [0.05, 0.1) is 11.0 Å². The molecule has 0 saturated heterocycles. The molecule has 1 aromatic carbocycles. The van der Waals surface area contributed by atoms with E-state index in [-0.39, 0.29) is 10.9 Å². The van der Waals surface area contributed by atoms with Crippen LogP contribution < -0.4 is 4.72 Å². The smallest absolute Gasteiger partial charge is 0.289 e. The van der Waals surface area contributed by atoms with E-state index in [2.05, 4.69) is 20.7 Å². The summed E-state index contributed by atoms with van der Waals surface area (Å²) in [5, 5.41) is 20.0. The van der Waals surface area contributed by atoms with Crippen LogP contribution in [0.1, 0.15) is 12.8 Å². The summed E-state index contributed by atoms with van der Waals surface area (Å²) >= 11 is 3.09. The van der Waals surface area contributed by atoms with E-state index in [4.69, 9.17) is 5.11 Å². The molecular formula is C10H11BrN2O5S. The topological polar surface area (TPSA) is 110 Å². The number of hydrogen-bond acceptors (Lipinski definition) is 5. The molecule has 1 aromatic rings.